The molecule has 0 aromatic carbocycles. The van der Waals surface area contributed by atoms with Gasteiger partial charge in [-0.2, -0.15) is 0 Å². The van der Waals surface area contributed by atoms with Gasteiger partial charge in [0.1, 0.15) is 19.3 Å². The Hall–Kier alpha value is -2.44. The number of aliphatic hydroxyl groups is 2. The van der Waals surface area contributed by atoms with Crippen molar-refractivity contribution in [2.75, 3.05) is 13.2 Å². The van der Waals surface area contributed by atoms with Crippen molar-refractivity contribution in [2.45, 2.75) is 110 Å². The summed E-state index contributed by atoms with van der Waals surface area (Å²) in [6, 6.07) is 0. The molecule has 0 aliphatic rings. The molecule has 0 aliphatic carbocycles. The van der Waals surface area contributed by atoms with Gasteiger partial charge in [0.25, 0.3) is 0 Å². The van der Waals surface area contributed by atoms with Crippen molar-refractivity contribution in [2.24, 2.45) is 0 Å². The van der Waals surface area contributed by atoms with E-state index in [2.05, 4.69) is 50.3 Å². The van der Waals surface area contributed by atoms with E-state index in [1.54, 1.807) is 12.2 Å². The first kappa shape index (κ1) is 34.6. The van der Waals surface area contributed by atoms with Gasteiger partial charge in [0.05, 0.1) is 6.10 Å². The van der Waals surface area contributed by atoms with Crippen molar-refractivity contribution in [3.05, 3.63) is 60.8 Å². The van der Waals surface area contributed by atoms with Crippen LogP contribution in [0.1, 0.15) is 97.3 Å². The molecule has 2 N–H and O–H groups in total. The number of hydrogen-bond acceptors (Lipinski definition) is 6. The summed E-state index contributed by atoms with van der Waals surface area (Å²) in [5, 5.41) is 19.8. The number of rotatable bonds is 23. The molecule has 0 heterocycles. The van der Waals surface area contributed by atoms with E-state index in [0.717, 1.165) is 51.4 Å². The zero-order valence-electron chi connectivity index (χ0n) is 23.1. The molecule has 0 amide bonds. The first-order valence-electron chi connectivity index (χ1n) is 13.9. The largest absolute Gasteiger partial charge is 0.463 e. The molecular formula is C31H50O6. The van der Waals surface area contributed by atoms with E-state index in [-0.39, 0.29) is 25.6 Å². The molecule has 0 aromatic rings. The van der Waals surface area contributed by atoms with Crippen LogP contribution in [0.3, 0.4) is 0 Å². The molecule has 37 heavy (non-hydrogen) atoms. The Balaban J connectivity index is 3.78. The van der Waals surface area contributed by atoms with Crippen LogP contribution in [-0.4, -0.2) is 47.6 Å². The second kappa shape index (κ2) is 26.6. The highest BCUT2D eigenvalue weighted by molar-refractivity contribution is 5.69. The molecule has 0 bridgehead atoms. The normalized spacial score (nSPS) is 13.9. The number of aliphatic hydroxyl groups excluding tert-OH is 2. The average molecular weight is 519 g/mol. The van der Waals surface area contributed by atoms with Crippen LogP contribution in [0.25, 0.3) is 0 Å². The Morgan fingerprint density at radius 1 is 0.676 bits per heavy atom. The van der Waals surface area contributed by atoms with Gasteiger partial charge in [-0.25, -0.2) is 0 Å². The highest BCUT2D eigenvalue weighted by Crippen LogP contribution is 2.07. The fraction of sp³-hybridized carbons (Fsp3) is 0.613. The van der Waals surface area contributed by atoms with Gasteiger partial charge in [0.15, 0.2) is 0 Å². The molecule has 6 heteroatoms. The number of unbranched alkanes of at least 4 members (excludes halogenated alkanes) is 4. The summed E-state index contributed by atoms with van der Waals surface area (Å²) in [5.74, 6) is -0.786. The van der Waals surface area contributed by atoms with E-state index < -0.39 is 18.2 Å². The van der Waals surface area contributed by atoms with Crippen LogP contribution in [0.2, 0.25) is 0 Å². The van der Waals surface area contributed by atoms with E-state index in [4.69, 9.17) is 9.47 Å². The summed E-state index contributed by atoms with van der Waals surface area (Å²) in [6.07, 6.45) is 29.1. The van der Waals surface area contributed by atoms with Crippen LogP contribution in [0, 0.1) is 0 Å². The van der Waals surface area contributed by atoms with Crippen molar-refractivity contribution < 1.29 is 29.3 Å². The average Bonchev–Trinajstić information content (AvgIpc) is 2.88. The van der Waals surface area contributed by atoms with Crippen molar-refractivity contribution in [3.8, 4) is 0 Å². The van der Waals surface area contributed by atoms with Gasteiger partial charge < -0.3 is 19.7 Å². The van der Waals surface area contributed by atoms with Crippen molar-refractivity contribution in [1.82, 2.24) is 0 Å². The number of carbonyl (C=O) groups excluding carboxylic acids is 2. The Bertz CT molecular complexity index is 704. The smallest absolute Gasteiger partial charge is 0.305 e. The molecular weight excluding hydrogens is 468 g/mol. The lowest BCUT2D eigenvalue weighted by molar-refractivity contribution is -0.152. The highest BCUT2D eigenvalue weighted by Gasteiger charge is 2.12. The van der Waals surface area contributed by atoms with Gasteiger partial charge in [-0.1, -0.05) is 100 Å². The highest BCUT2D eigenvalue weighted by atomic mass is 16.6. The lowest BCUT2D eigenvalue weighted by atomic mass is 10.1. The summed E-state index contributed by atoms with van der Waals surface area (Å²) < 4.78 is 10.0. The van der Waals surface area contributed by atoms with Gasteiger partial charge in [-0.15, -0.1) is 0 Å². The van der Waals surface area contributed by atoms with E-state index in [9.17, 15) is 19.8 Å². The molecule has 2 atom stereocenters. The van der Waals surface area contributed by atoms with Crippen LogP contribution in [0.5, 0.6) is 0 Å². The first-order chi connectivity index (χ1) is 18.0. The Labute approximate surface area is 224 Å². The number of esters is 2. The molecule has 0 aliphatic heterocycles. The Morgan fingerprint density at radius 2 is 1.22 bits per heavy atom. The van der Waals surface area contributed by atoms with Crippen LogP contribution in [0.4, 0.5) is 0 Å². The van der Waals surface area contributed by atoms with E-state index in [1.807, 2.05) is 12.2 Å². The van der Waals surface area contributed by atoms with Crippen LogP contribution in [-0.2, 0) is 19.1 Å². The zero-order valence-corrected chi connectivity index (χ0v) is 23.1. The molecule has 0 aromatic heterocycles. The fourth-order valence-corrected chi connectivity index (χ4v) is 3.23. The molecule has 0 spiro atoms. The molecule has 0 radical (unpaired) electrons. The number of carbonyl (C=O) groups is 2. The van der Waals surface area contributed by atoms with Crippen LogP contribution < -0.4 is 0 Å². The molecule has 0 saturated carbocycles. The summed E-state index contributed by atoms with van der Waals surface area (Å²) in [5.41, 5.74) is 0. The Morgan fingerprint density at radius 3 is 1.81 bits per heavy atom. The van der Waals surface area contributed by atoms with E-state index >= 15 is 0 Å². The lowest BCUT2D eigenvalue weighted by Gasteiger charge is -2.12. The maximum absolute atomic E-state index is 11.8. The van der Waals surface area contributed by atoms with Gasteiger partial charge in [-0.05, 0) is 44.9 Å². The monoisotopic (exact) mass is 518 g/mol. The van der Waals surface area contributed by atoms with Gasteiger partial charge in [-0.3, -0.25) is 9.59 Å². The maximum atomic E-state index is 11.8. The third kappa shape index (κ3) is 26.4. The standard InChI is InChI=1S/C31H50O6/c1-3-5-7-9-10-11-12-13-14-15-16-18-19-22-28(32)23-21-25-31(35)37-27-29(33)26-36-30(34)24-20-17-8-6-4-2/h5,7,10-11,13-14,16,18-19,22,28-29,32-33H,3-4,6,8-9,12,15,17,20-21,23-27H2,1-2H3/b7-5-,11-10-,14-13-,18-16-,22-19+/t28?,29-/m1/s1. The first-order valence-corrected chi connectivity index (χ1v) is 13.9. The topological polar surface area (TPSA) is 93.1 Å². The van der Waals surface area contributed by atoms with Gasteiger partial charge >= 0.3 is 11.9 Å². The minimum atomic E-state index is -1.03. The van der Waals surface area contributed by atoms with Crippen LogP contribution in [0.15, 0.2) is 60.8 Å². The summed E-state index contributed by atoms with van der Waals surface area (Å²) >= 11 is 0. The van der Waals surface area contributed by atoms with E-state index in [0.29, 0.717) is 19.3 Å². The molecule has 0 saturated heterocycles. The molecule has 6 nitrogen and oxygen atoms in total. The van der Waals surface area contributed by atoms with E-state index in [1.165, 1.54) is 6.42 Å². The van der Waals surface area contributed by atoms with Crippen molar-refractivity contribution >= 4 is 11.9 Å². The zero-order chi connectivity index (χ0) is 27.4. The van der Waals surface area contributed by atoms with Crippen molar-refractivity contribution in [3.63, 3.8) is 0 Å². The molecule has 0 rings (SSSR count). The van der Waals surface area contributed by atoms with Crippen molar-refractivity contribution in [1.29, 1.82) is 0 Å². The SMILES string of the molecule is CC/C=C\C/C=C\C/C=C\C/C=C\C=C\C(O)CCCC(=O)OC[C@H](O)COC(=O)CCCCCCC. The summed E-state index contributed by atoms with van der Waals surface area (Å²) in [4.78, 5) is 23.5. The second-order valence-corrected chi connectivity index (χ2v) is 8.99. The third-order valence-corrected chi connectivity index (χ3v) is 5.37. The molecule has 1 unspecified atom stereocenters. The number of ether oxygens (including phenoxy) is 2. The van der Waals surface area contributed by atoms with Crippen LogP contribution >= 0.6 is 0 Å². The summed E-state index contributed by atoms with van der Waals surface area (Å²) in [6.45, 7) is 3.87. The molecule has 0 fully saturated rings. The quantitative estimate of drug-likeness (QED) is 0.0678. The fourth-order valence-electron chi connectivity index (χ4n) is 3.23. The molecule has 210 valence electrons. The minimum absolute atomic E-state index is 0.152. The number of hydrogen-bond donors (Lipinski definition) is 2. The Kier molecular flexibility index (Phi) is 24.9. The third-order valence-electron chi connectivity index (χ3n) is 5.37. The van der Waals surface area contributed by atoms with Gasteiger partial charge in [0.2, 0.25) is 0 Å². The second-order valence-electron chi connectivity index (χ2n) is 8.99. The predicted octanol–water partition coefficient (Wildman–Crippen LogP) is 6.69. The van der Waals surface area contributed by atoms with Gasteiger partial charge in [0, 0.05) is 12.8 Å². The summed E-state index contributed by atoms with van der Waals surface area (Å²) in [7, 11) is 0. The minimum Gasteiger partial charge on any atom is -0.463 e. The lowest BCUT2D eigenvalue weighted by Crippen LogP contribution is -2.25. The number of allylic oxidation sites excluding steroid dienone is 9. The maximum Gasteiger partial charge on any atom is 0.305 e. The predicted molar refractivity (Wildman–Crippen MR) is 151 cm³/mol.